The molecule has 0 radical (unpaired) electrons. The van der Waals surface area contributed by atoms with E-state index in [0.29, 0.717) is 60.8 Å². The molecule has 0 amide bonds. The highest BCUT2D eigenvalue weighted by molar-refractivity contribution is 5.88. The van der Waals surface area contributed by atoms with Crippen molar-refractivity contribution in [1.82, 2.24) is 0 Å². The van der Waals surface area contributed by atoms with Crippen LogP contribution in [0.1, 0.15) is 97.8 Å². The Hall–Kier alpha value is -0.990. The van der Waals surface area contributed by atoms with Gasteiger partial charge in [0, 0.05) is 37.5 Å². The quantitative estimate of drug-likeness (QED) is 0.583. The first-order valence-corrected chi connectivity index (χ1v) is 11.9. The lowest BCUT2D eigenvalue weighted by Crippen LogP contribution is -2.57. The molecule has 0 bridgehead atoms. The maximum atomic E-state index is 13.6. The summed E-state index contributed by atoms with van der Waals surface area (Å²) < 4.78 is 0. The van der Waals surface area contributed by atoms with Crippen molar-refractivity contribution < 1.29 is 14.4 Å². The first kappa shape index (κ1) is 20.3. The summed E-state index contributed by atoms with van der Waals surface area (Å²) in [5.41, 5.74) is -0.103. The summed E-state index contributed by atoms with van der Waals surface area (Å²) in [6, 6.07) is 0. The van der Waals surface area contributed by atoms with Gasteiger partial charge in [-0.05, 0) is 67.1 Å². The van der Waals surface area contributed by atoms with Crippen molar-refractivity contribution in [3.05, 3.63) is 0 Å². The zero-order chi connectivity index (χ0) is 20.1. The van der Waals surface area contributed by atoms with Gasteiger partial charge >= 0.3 is 0 Å². The predicted octanol–water partition coefficient (Wildman–Crippen LogP) is 5.54. The summed E-state index contributed by atoms with van der Waals surface area (Å²) in [6.07, 6.45) is 11.1. The van der Waals surface area contributed by atoms with Gasteiger partial charge in [0.25, 0.3) is 0 Å². The second-order valence-electron chi connectivity index (χ2n) is 11.0. The van der Waals surface area contributed by atoms with Crippen LogP contribution in [-0.4, -0.2) is 17.3 Å². The van der Waals surface area contributed by atoms with Gasteiger partial charge in [-0.1, -0.05) is 33.6 Å². The number of rotatable bonds is 5. The van der Waals surface area contributed by atoms with Crippen LogP contribution in [0.2, 0.25) is 0 Å². The van der Waals surface area contributed by atoms with Crippen molar-refractivity contribution in [1.29, 1.82) is 0 Å². The minimum absolute atomic E-state index is 0.0124. The van der Waals surface area contributed by atoms with Gasteiger partial charge in [0.15, 0.2) is 0 Å². The van der Waals surface area contributed by atoms with Gasteiger partial charge < -0.3 is 0 Å². The summed E-state index contributed by atoms with van der Waals surface area (Å²) in [5, 5.41) is 0. The number of Topliss-reactive ketones (excluding diaryl/α,β-unsaturated/α-hetero) is 3. The minimum Gasteiger partial charge on any atom is -0.300 e. The first-order chi connectivity index (χ1) is 13.3. The molecule has 3 nitrogen and oxygen atoms in total. The molecule has 4 saturated carbocycles. The van der Waals surface area contributed by atoms with Crippen molar-refractivity contribution in [2.45, 2.75) is 97.8 Å². The van der Waals surface area contributed by atoms with E-state index in [2.05, 4.69) is 20.8 Å². The van der Waals surface area contributed by atoms with Gasteiger partial charge in [-0.25, -0.2) is 0 Å². The molecule has 0 spiro atoms. The van der Waals surface area contributed by atoms with E-state index in [-0.39, 0.29) is 22.7 Å². The van der Waals surface area contributed by atoms with Gasteiger partial charge in [0.2, 0.25) is 0 Å². The fraction of sp³-hybridized carbons (Fsp3) is 0.880. The van der Waals surface area contributed by atoms with Gasteiger partial charge in [-0.3, -0.25) is 14.4 Å². The molecule has 4 fully saturated rings. The van der Waals surface area contributed by atoms with Crippen molar-refractivity contribution in [2.75, 3.05) is 0 Å². The molecule has 0 unspecified atom stereocenters. The van der Waals surface area contributed by atoms with Gasteiger partial charge in [-0.2, -0.15) is 0 Å². The van der Waals surface area contributed by atoms with E-state index in [9.17, 15) is 14.4 Å². The smallest absolute Gasteiger partial charge is 0.137 e. The second-order valence-corrected chi connectivity index (χ2v) is 11.0. The molecule has 0 aromatic rings. The van der Waals surface area contributed by atoms with Crippen LogP contribution in [0.25, 0.3) is 0 Å². The van der Waals surface area contributed by atoms with Crippen molar-refractivity contribution in [3.8, 4) is 0 Å². The average Bonchev–Trinajstić information content (AvgIpc) is 2.98. The SMILES string of the molecule is CCCCCC(=O)[C@H]1CC[C@H]2[C@@H]3CC[C@H]4CC(=O)CC[C@]4(C)[C@H]3C(=O)C[C@]12C. The second kappa shape index (κ2) is 7.36. The Labute approximate surface area is 170 Å². The molecule has 4 rings (SSSR count). The number of fused-ring (bicyclic) bond motifs is 5. The Morgan fingerprint density at radius 2 is 1.82 bits per heavy atom. The lowest BCUT2D eigenvalue weighted by Gasteiger charge is -2.59. The lowest BCUT2D eigenvalue weighted by molar-refractivity contribution is -0.161. The van der Waals surface area contributed by atoms with E-state index < -0.39 is 0 Å². The van der Waals surface area contributed by atoms with E-state index in [4.69, 9.17) is 0 Å². The number of carbonyl (C=O) groups is 3. The summed E-state index contributed by atoms with van der Waals surface area (Å²) >= 11 is 0. The van der Waals surface area contributed by atoms with Crippen LogP contribution in [0.4, 0.5) is 0 Å². The number of carbonyl (C=O) groups excluding carboxylic acids is 3. The zero-order valence-electron chi connectivity index (χ0n) is 18.1. The van der Waals surface area contributed by atoms with Crippen molar-refractivity contribution >= 4 is 17.3 Å². The Balaban J connectivity index is 1.56. The topological polar surface area (TPSA) is 51.2 Å². The minimum atomic E-state index is -0.116. The normalized spacial score (nSPS) is 45.3. The molecule has 0 saturated heterocycles. The predicted molar refractivity (Wildman–Crippen MR) is 110 cm³/mol. The maximum absolute atomic E-state index is 13.6. The number of ketones is 3. The third kappa shape index (κ3) is 3.03. The van der Waals surface area contributed by atoms with Crippen LogP contribution in [0, 0.1) is 40.4 Å². The molecule has 3 heteroatoms. The van der Waals surface area contributed by atoms with Gasteiger partial charge in [-0.15, -0.1) is 0 Å². The first-order valence-electron chi connectivity index (χ1n) is 11.9. The fourth-order valence-electron chi connectivity index (χ4n) is 8.11. The molecule has 0 aliphatic heterocycles. The van der Waals surface area contributed by atoms with Crippen LogP contribution in [-0.2, 0) is 14.4 Å². The summed E-state index contributed by atoms with van der Waals surface area (Å²) in [5.74, 6) is 2.82. The molecule has 0 heterocycles. The Morgan fingerprint density at radius 3 is 2.57 bits per heavy atom. The molecule has 156 valence electrons. The van der Waals surface area contributed by atoms with Gasteiger partial charge in [0.1, 0.15) is 17.3 Å². The van der Waals surface area contributed by atoms with Crippen LogP contribution in [0.3, 0.4) is 0 Å². The molecule has 0 N–H and O–H groups in total. The Morgan fingerprint density at radius 1 is 1.04 bits per heavy atom. The third-order valence-corrected chi connectivity index (χ3v) is 9.58. The van der Waals surface area contributed by atoms with Crippen molar-refractivity contribution in [2.24, 2.45) is 40.4 Å². The standard InChI is InChI=1S/C25H38O3/c1-4-5-6-7-21(27)20-11-10-19-18-9-8-16-14-17(26)12-13-24(16,2)23(18)22(28)15-25(19,20)3/h16,18-20,23H,4-15H2,1-3H3/t16-,18-,19-,20+,23+,24-,25-/m0/s1. The highest BCUT2D eigenvalue weighted by Crippen LogP contribution is 2.66. The lowest BCUT2D eigenvalue weighted by atomic mass is 9.44. The van der Waals surface area contributed by atoms with E-state index in [1.807, 2.05) is 0 Å². The van der Waals surface area contributed by atoms with E-state index in [1.54, 1.807) is 0 Å². The molecule has 0 aromatic carbocycles. The monoisotopic (exact) mass is 386 g/mol. The summed E-state index contributed by atoms with van der Waals surface area (Å²) in [7, 11) is 0. The molecule has 7 atom stereocenters. The number of unbranched alkanes of at least 4 members (excludes halogenated alkanes) is 2. The Bertz CT molecular complexity index is 667. The molecular weight excluding hydrogens is 348 g/mol. The number of hydrogen-bond donors (Lipinski definition) is 0. The van der Waals surface area contributed by atoms with Crippen LogP contribution >= 0.6 is 0 Å². The third-order valence-electron chi connectivity index (χ3n) is 9.58. The van der Waals surface area contributed by atoms with E-state index in [1.165, 1.54) is 0 Å². The maximum Gasteiger partial charge on any atom is 0.137 e. The van der Waals surface area contributed by atoms with Crippen LogP contribution in [0.5, 0.6) is 0 Å². The van der Waals surface area contributed by atoms with E-state index in [0.717, 1.165) is 51.4 Å². The summed E-state index contributed by atoms with van der Waals surface area (Å²) in [6.45, 7) is 6.75. The molecular formula is C25H38O3. The van der Waals surface area contributed by atoms with E-state index >= 15 is 0 Å². The zero-order valence-corrected chi connectivity index (χ0v) is 18.1. The highest BCUT2D eigenvalue weighted by Gasteiger charge is 2.63. The fourth-order valence-corrected chi connectivity index (χ4v) is 8.11. The van der Waals surface area contributed by atoms with Crippen LogP contribution in [0.15, 0.2) is 0 Å². The largest absolute Gasteiger partial charge is 0.300 e. The number of hydrogen-bond acceptors (Lipinski definition) is 3. The average molecular weight is 387 g/mol. The highest BCUT2D eigenvalue weighted by atomic mass is 16.1. The molecule has 4 aliphatic rings. The van der Waals surface area contributed by atoms with Crippen LogP contribution < -0.4 is 0 Å². The molecule has 0 aromatic heterocycles. The van der Waals surface area contributed by atoms with Crippen molar-refractivity contribution in [3.63, 3.8) is 0 Å². The molecule has 28 heavy (non-hydrogen) atoms. The molecule has 4 aliphatic carbocycles. The summed E-state index contributed by atoms with van der Waals surface area (Å²) in [4.78, 5) is 38.6. The van der Waals surface area contributed by atoms with Gasteiger partial charge in [0.05, 0.1) is 0 Å². The Kier molecular flexibility index (Phi) is 5.33.